The zero-order chi connectivity index (χ0) is 23.1. The quantitative estimate of drug-likeness (QED) is 0.647. The van der Waals surface area contributed by atoms with E-state index in [1.54, 1.807) is 0 Å². The van der Waals surface area contributed by atoms with Gasteiger partial charge in [0.15, 0.2) is 0 Å². The largest absolute Gasteiger partial charge is 0.379 e. The van der Waals surface area contributed by atoms with Gasteiger partial charge in [-0.25, -0.2) is 13.8 Å². The van der Waals surface area contributed by atoms with Crippen LogP contribution in [0.3, 0.4) is 0 Å². The zero-order valence-electron chi connectivity index (χ0n) is 18.9. The van der Waals surface area contributed by atoms with Gasteiger partial charge in [-0.15, -0.1) is 0 Å². The van der Waals surface area contributed by atoms with E-state index >= 15 is 0 Å². The first-order valence-electron chi connectivity index (χ1n) is 11.5. The minimum absolute atomic E-state index is 0.0595. The maximum absolute atomic E-state index is 14.1. The van der Waals surface area contributed by atoms with Crippen LogP contribution in [0.15, 0.2) is 30.3 Å². The fourth-order valence-corrected chi connectivity index (χ4v) is 4.76. The second-order valence-corrected chi connectivity index (χ2v) is 9.13. The van der Waals surface area contributed by atoms with Crippen LogP contribution >= 0.6 is 0 Å². The summed E-state index contributed by atoms with van der Waals surface area (Å²) in [6.07, 6.45) is 2.24. The van der Waals surface area contributed by atoms with Crippen molar-refractivity contribution in [1.29, 1.82) is 0 Å². The molecule has 1 atom stereocenters. The molecule has 1 aromatic heterocycles. The zero-order valence-corrected chi connectivity index (χ0v) is 18.9. The second kappa shape index (κ2) is 8.74. The first kappa shape index (κ1) is 21.8. The van der Waals surface area contributed by atoms with E-state index in [1.165, 1.54) is 12.1 Å². The van der Waals surface area contributed by atoms with Crippen molar-refractivity contribution >= 4 is 22.9 Å². The number of carbonyl (C=O) groups excluding carboxylic acids is 1. The number of halogens is 2. The maximum Gasteiger partial charge on any atom is 0.223 e. The van der Waals surface area contributed by atoms with E-state index in [-0.39, 0.29) is 17.9 Å². The molecule has 0 radical (unpaired) electrons. The highest BCUT2D eigenvalue weighted by molar-refractivity contribution is 5.83. The Morgan fingerprint density at radius 3 is 2.39 bits per heavy atom. The van der Waals surface area contributed by atoms with Crippen LogP contribution in [-0.2, 0) is 9.53 Å². The van der Waals surface area contributed by atoms with Gasteiger partial charge in [0.05, 0.1) is 29.4 Å². The smallest absolute Gasteiger partial charge is 0.223 e. The number of amides is 1. The number of nitrogens with one attached hydrogen (secondary N) is 1. The Morgan fingerprint density at radius 2 is 1.73 bits per heavy atom. The molecule has 0 aliphatic carbocycles. The fourth-order valence-electron chi connectivity index (χ4n) is 4.76. The second-order valence-electron chi connectivity index (χ2n) is 9.13. The molecule has 174 valence electrons. The van der Waals surface area contributed by atoms with Crippen molar-refractivity contribution in [2.24, 2.45) is 5.92 Å². The van der Waals surface area contributed by atoms with Gasteiger partial charge in [0.1, 0.15) is 11.6 Å². The third-order valence-corrected chi connectivity index (χ3v) is 6.78. The molecule has 3 aromatic rings. The number of nitrogens with zero attached hydrogens (tertiary/aromatic N) is 3. The van der Waals surface area contributed by atoms with E-state index < -0.39 is 11.6 Å². The monoisotopic (exact) mass is 454 g/mol. The van der Waals surface area contributed by atoms with Crippen LogP contribution in [-0.4, -0.2) is 47.8 Å². The predicted molar refractivity (Wildman–Crippen MR) is 123 cm³/mol. The molecule has 2 saturated heterocycles. The molecule has 0 bridgehead atoms. The molecule has 1 amide bonds. The third-order valence-electron chi connectivity index (χ3n) is 6.78. The highest BCUT2D eigenvalue weighted by Crippen LogP contribution is 2.32. The molecule has 8 heteroatoms. The van der Waals surface area contributed by atoms with Crippen molar-refractivity contribution in [2.45, 2.75) is 39.2 Å². The highest BCUT2D eigenvalue weighted by Gasteiger charge is 2.30. The molecule has 2 aliphatic rings. The third kappa shape index (κ3) is 4.31. The van der Waals surface area contributed by atoms with Crippen LogP contribution in [0.2, 0.25) is 0 Å². The number of rotatable bonds is 4. The molecule has 6 nitrogen and oxygen atoms in total. The van der Waals surface area contributed by atoms with Gasteiger partial charge < -0.3 is 15.0 Å². The predicted octanol–water partition coefficient (Wildman–Crippen LogP) is 4.04. The van der Waals surface area contributed by atoms with E-state index in [9.17, 15) is 13.6 Å². The van der Waals surface area contributed by atoms with E-state index in [4.69, 9.17) is 9.72 Å². The normalized spacial score (nSPS) is 19.4. The molecular formula is C25H28F2N4O2. The van der Waals surface area contributed by atoms with Gasteiger partial charge in [0, 0.05) is 31.7 Å². The lowest BCUT2D eigenvalue weighted by atomic mass is 9.95. The number of piperidine rings is 1. The van der Waals surface area contributed by atoms with Crippen LogP contribution in [0.25, 0.3) is 16.7 Å². The molecular weight excluding hydrogens is 426 g/mol. The number of hydrogen-bond donors (Lipinski definition) is 1. The van der Waals surface area contributed by atoms with Gasteiger partial charge in [-0.3, -0.25) is 9.36 Å². The molecule has 2 fully saturated rings. The summed E-state index contributed by atoms with van der Waals surface area (Å²) in [4.78, 5) is 19.6. The van der Waals surface area contributed by atoms with Crippen molar-refractivity contribution in [2.75, 3.05) is 31.2 Å². The molecule has 5 rings (SSSR count). The van der Waals surface area contributed by atoms with Gasteiger partial charge in [0.25, 0.3) is 0 Å². The Hall–Kier alpha value is -3.00. The average Bonchev–Trinajstić information content (AvgIpc) is 3.41. The van der Waals surface area contributed by atoms with E-state index in [0.29, 0.717) is 50.8 Å². The molecule has 2 aliphatic heterocycles. The number of anilines is 1. The minimum Gasteiger partial charge on any atom is -0.379 e. The van der Waals surface area contributed by atoms with Crippen molar-refractivity contribution in [3.05, 3.63) is 53.1 Å². The van der Waals surface area contributed by atoms with Crippen molar-refractivity contribution in [3.63, 3.8) is 0 Å². The molecule has 0 saturated carbocycles. The number of aryl methyl sites for hydroxylation is 2. The summed E-state index contributed by atoms with van der Waals surface area (Å²) in [6, 6.07) is 7.64. The van der Waals surface area contributed by atoms with Crippen LogP contribution in [0.1, 0.15) is 30.4 Å². The van der Waals surface area contributed by atoms with Gasteiger partial charge in [-0.05, 0) is 68.5 Å². The summed E-state index contributed by atoms with van der Waals surface area (Å²) in [6.45, 7) is 6.58. The van der Waals surface area contributed by atoms with Crippen LogP contribution in [0, 0.1) is 31.4 Å². The molecule has 2 aromatic carbocycles. The summed E-state index contributed by atoms with van der Waals surface area (Å²) >= 11 is 0. The van der Waals surface area contributed by atoms with Crippen molar-refractivity contribution in [1.82, 2.24) is 14.9 Å². The molecule has 1 unspecified atom stereocenters. The lowest BCUT2D eigenvalue weighted by Crippen LogP contribution is -2.44. The molecule has 33 heavy (non-hydrogen) atoms. The Labute approximate surface area is 191 Å². The number of aromatic nitrogens is 2. The lowest BCUT2D eigenvalue weighted by Gasteiger charge is -2.32. The summed E-state index contributed by atoms with van der Waals surface area (Å²) < 4.78 is 35.4. The SMILES string of the molecule is Cc1cc2nc(N3CCC(C(=O)NC4CCOC4)CC3)n(-c3cc(F)cc(F)c3)c2cc1C. The van der Waals surface area contributed by atoms with Gasteiger partial charge in [0.2, 0.25) is 11.9 Å². The molecule has 1 N–H and O–H groups in total. The van der Waals surface area contributed by atoms with Crippen LogP contribution in [0.4, 0.5) is 14.7 Å². The topological polar surface area (TPSA) is 59.4 Å². The number of fused-ring (bicyclic) bond motifs is 1. The van der Waals surface area contributed by atoms with E-state index in [2.05, 4.69) is 10.2 Å². The maximum atomic E-state index is 14.1. The van der Waals surface area contributed by atoms with Crippen LogP contribution < -0.4 is 10.2 Å². The number of imidazole rings is 1. The summed E-state index contributed by atoms with van der Waals surface area (Å²) in [7, 11) is 0. The van der Waals surface area contributed by atoms with E-state index in [1.807, 2.05) is 30.5 Å². The lowest BCUT2D eigenvalue weighted by molar-refractivity contribution is -0.126. The number of hydrogen-bond acceptors (Lipinski definition) is 4. The van der Waals surface area contributed by atoms with Crippen LogP contribution in [0.5, 0.6) is 0 Å². The molecule has 3 heterocycles. The van der Waals surface area contributed by atoms with E-state index in [0.717, 1.165) is 34.6 Å². The number of ether oxygens (including phenoxy) is 1. The van der Waals surface area contributed by atoms with Gasteiger partial charge in [-0.1, -0.05) is 0 Å². The van der Waals surface area contributed by atoms with Gasteiger partial charge in [-0.2, -0.15) is 0 Å². The fraction of sp³-hybridized carbons (Fsp3) is 0.440. The number of carbonyl (C=O) groups is 1. The highest BCUT2D eigenvalue weighted by atomic mass is 19.1. The van der Waals surface area contributed by atoms with Crippen molar-refractivity contribution in [3.8, 4) is 5.69 Å². The van der Waals surface area contributed by atoms with Gasteiger partial charge >= 0.3 is 0 Å². The first-order chi connectivity index (χ1) is 15.9. The average molecular weight is 455 g/mol. The Bertz CT molecular complexity index is 1170. The standard InChI is InChI=1S/C25H28F2N4O2/c1-15-9-22-23(10-16(15)2)31(21-12-18(26)11-19(27)13-21)25(29-22)30-6-3-17(4-7-30)24(32)28-20-5-8-33-14-20/h9-13,17,20H,3-8,14H2,1-2H3,(H,28,32). The Morgan fingerprint density at radius 1 is 1.03 bits per heavy atom. The Kier molecular flexibility index (Phi) is 5.78. The van der Waals surface area contributed by atoms with Crippen molar-refractivity contribution < 1.29 is 18.3 Å². The summed E-state index contributed by atoms with van der Waals surface area (Å²) in [5, 5.41) is 3.10. The minimum atomic E-state index is -0.632. The number of benzene rings is 2. The summed E-state index contributed by atoms with van der Waals surface area (Å²) in [5.74, 6) is -0.600. The molecule has 0 spiro atoms. The Balaban J connectivity index is 1.45. The summed E-state index contributed by atoms with van der Waals surface area (Å²) in [5.41, 5.74) is 4.17. The first-order valence-corrected chi connectivity index (χ1v) is 11.5.